The third kappa shape index (κ3) is 3.32. The fourth-order valence-corrected chi connectivity index (χ4v) is 4.32. The minimum Gasteiger partial charge on any atom is -0.493 e. The highest BCUT2D eigenvalue weighted by Gasteiger charge is 2.43. The van der Waals surface area contributed by atoms with E-state index in [0.29, 0.717) is 34.0 Å². The average Bonchev–Trinajstić information content (AvgIpc) is 3.32. The number of likely N-dealkylation sites (tertiary alicyclic amines) is 1. The van der Waals surface area contributed by atoms with Crippen molar-refractivity contribution in [1.82, 2.24) is 4.90 Å². The fraction of sp³-hybridized carbons (Fsp3) is 0.333. The maximum Gasteiger partial charge on any atom is 0.282 e. The lowest BCUT2D eigenvalue weighted by atomic mass is 10.0. The number of rotatable bonds is 5. The summed E-state index contributed by atoms with van der Waals surface area (Å²) in [6.07, 6.45) is 2.02. The van der Waals surface area contributed by atoms with Crippen molar-refractivity contribution in [1.29, 1.82) is 0 Å². The minimum absolute atomic E-state index is 0.267. The first-order valence-electron chi connectivity index (χ1n) is 10.1. The maximum absolute atomic E-state index is 13.6. The summed E-state index contributed by atoms with van der Waals surface area (Å²) in [6, 6.07) is 11.1. The molecule has 0 bridgehead atoms. The second-order valence-electron chi connectivity index (χ2n) is 7.78. The average molecular weight is 406 g/mol. The largest absolute Gasteiger partial charge is 0.493 e. The van der Waals surface area contributed by atoms with Gasteiger partial charge in [0, 0.05) is 13.1 Å². The van der Waals surface area contributed by atoms with Crippen LogP contribution in [0.15, 0.2) is 42.1 Å². The normalized spacial score (nSPS) is 16.7. The summed E-state index contributed by atoms with van der Waals surface area (Å²) < 4.78 is 10.8. The van der Waals surface area contributed by atoms with Crippen molar-refractivity contribution in [2.45, 2.75) is 26.7 Å². The highest BCUT2D eigenvalue weighted by Crippen LogP contribution is 2.39. The lowest BCUT2D eigenvalue weighted by molar-refractivity contribution is -0.120. The molecule has 0 atom stereocenters. The SMILES string of the molecule is COc1ccc(C2=C(N3CCCC3)C(=O)N(c3cc(C)cc(C)c3)C2=O)cc1OC. The summed E-state index contributed by atoms with van der Waals surface area (Å²) in [5, 5.41) is 0. The number of hydrogen-bond donors (Lipinski definition) is 0. The van der Waals surface area contributed by atoms with Gasteiger partial charge in [-0.15, -0.1) is 0 Å². The predicted octanol–water partition coefficient (Wildman–Crippen LogP) is 3.70. The number of anilines is 1. The first-order chi connectivity index (χ1) is 14.4. The number of aryl methyl sites for hydroxylation is 2. The molecule has 0 spiro atoms. The van der Waals surface area contributed by atoms with Crippen LogP contribution in [0.3, 0.4) is 0 Å². The van der Waals surface area contributed by atoms with Crippen LogP contribution in [-0.4, -0.2) is 44.0 Å². The number of hydrogen-bond acceptors (Lipinski definition) is 5. The molecule has 2 aromatic rings. The molecule has 0 unspecified atom stereocenters. The first kappa shape index (κ1) is 20.0. The quantitative estimate of drug-likeness (QED) is 0.709. The summed E-state index contributed by atoms with van der Waals surface area (Å²) in [5.41, 5.74) is 4.17. The van der Waals surface area contributed by atoms with Crippen LogP contribution in [0.25, 0.3) is 5.57 Å². The maximum atomic E-state index is 13.6. The van der Waals surface area contributed by atoms with Gasteiger partial charge in [-0.25, -0.2) is 4.90 Å². The monoisotopic (exact) mass is 406 g/mol. The predicted molar refractivity (Wildman–Crippen MR) is 116 cm³/mol. The number of nitrogens with zero attached hydrogens (tertiary/aromatic N) is 2. The van der Waals surface area contributed by atoms with Gasteiger partial charge in [-0.2, -0.15) is 0 Å². The van der Waals surface area contributed by atoms with E-state index in [9.17, 15) is 9.59 Å². The Bertz CT molecular complexity index is 1030. The van der Waals surface area contributed by atoms with E-state index in [2.05, 4.69) is 0 Å². The molecule has 156 valence electrons. The van der Waals surface area contributed by atoms with Crippen LogP contribution in [-0.2, 0) is 9.59 Å². The van der Waals surface area contributed by atoms with Gasteiger partial charge in [0.05, 0.1) is 25.5 Å². The molecule has 0 aromatic heterocycles. The Morgan fingerprint density at radius 3 is 2.03 bits per heavy atom. The molecule has 1 fully saturated rings. The van der Waals surface area contributed by atoms with Crippen LogP contribution in [0, 0.1) is 13.8 Å². The molecule has 2 aromatic carbocycles. The van der Waals surface area contributed by atoms with Gasteiger partial charge in [-0.1, -0.05) is 12.1 Å². The van der Waals surface area contributed by atoms with E-state index in [4.69, 9.17) is 9.47 Å². The van der Waals surface area contributed by atoms with Crippen LogP contribution in [0.2, 0.25) is 0 Å². The third-order valence-corrected chi connectivity index (χ3v) is 5.62. The Morgan fingerprint density at radius 1 is 0.800 bits per heavy atom. The zero-order valence-corrected chi connectivity index (χ0v) is 17.8. The summed E-state index contributed by atoms with van der Waals surface area (Å²) >= 11 is 0. The number of carbonyl (C=O) groups excluding carboxylic acids is 2. The van der Waals surface area contributed by atoms with Crippen molar-refractivity contribution in [3.63, 3.8) is 0 Å². The molecule has 6 nitrogen and oxygen atoms in total. The Labute approximate surface area is 176 Å². The first-order valence-corrected chi connectivity index (χ1v) is 10.1. The molecule has 4 rings (SSSR count). The molecule has 0 N–H and O–H groups in total. The summed E-state index contributed by atoms with van der Waals surface area (Å²) in [4.78, 5) is 30.5. The number of benzene rings is 2. The Morgan fingerprint density at radius 2 is 1.43 bits per heavy atom. The van der Waals surface area contributed by atoms with Gasteiger partial charge in [-0.05, 0) is 67.6 Å². The van der Waals surface area contributed by atoms with E-state index in [1.54, 1.807) is 26.4 Å². The second kappa shape index (κ2) is 7.86. The van der Waals surface area contributed by atoms with Gasteiger partial charge < -0.3 is 14.4 Å². The van der Waals surface area contributed by atoms with Gasteiger partial charge in [0.15, 0.2) is 11.5 Å². The number of methoxy groups -OCH3 is 2. The molecule has 6 heteroatoms. The summed E-state index contributed by atoms with van der Waals surface area (Å²) in [5.74, 6) is 0.525. The minimum atomic E-state index is -0.306. The topological polar surface area (TPSA) is 59.1 Å². The molecule has 2 heterocycles. The van der Waals surface area contributed by atoms with Gasteiger partial charge in [0.1, 0.15) is 5.70 Å². The van der Waals surface area contributed by atoms with E-state index < -0.39 is 0 Å². The van der Waals surface area contributed by atoms with E-state index in [1.165, 1.54) is 4.90 Å². The molecule has 2 aliphatic heterocycles. The second-order valence-corrected chi connectivity index (χ2v) is 7.78. The van der Waals surface area contributed by atoms with Gasteiger partial charge >= 0.3 is 0 Å². The lowest BCUT2D eigenvalue weighted by Gasteiger charge is -2.20. The van der Waals surface area contributed by atoms with Crippen LogP contribution < -0.4 is 14.4 Å². The molecule has 1 saturated heterocycles. The number of imide groups is 1. The molecule has 2 aliphatic rings. The van der Waals surface area contributed by atoms with E-state index >= 15 is 0 Å². The number of carbonyl (C=O) groups is 2. The third-order valence-electron chi connectivity index (χ3n) is 5.62. The Hall–Kier alpha value is -3.28. The van der Waals surface area contributed by atoms with Crippen molar-refractivity contribution in [2.24, 2.45) is 0 Å². The van der Waals surface area contributed by atoms with Crippen molar-refractivity contribution < 1.29 is 19.1 Å². The van der Waals surface area contributed by atoms with E-state index in [1.807, 2.05) is 43.0 Å². The highest BCUT2D eigenvalue weighted by atomic mass is 16.5. The van der Waals surface area contributed by atoms with Crippen molar-refractivity contribution in [3.05, 3.63) is 58.8 Å². The molecule has 0 aliphatic carbocycles. The number of ether oxygens (including phenoxy) is 2. The Balaban J connectivity index is 1.86. The van der Waals surface area contributed by atoms with Crippen molar-refractivity contribution in [2.75, 3.05) is 32.2 Å². The van der Waals surface area contributed by atoms with Gasteiger partial charge in [0.2, 0.25) is 0 Å². The van der Waals surface area contributed by atoms with Crippen LogP contribution in [0.5, 0.6) is 11.5 Å². The molecule has 0 saturated carbocycles. The van der Waals surface area contributed by atoms with Crippen LogP contribution in [0.1, 0.15) is 29.5 Å². The van der Waals surface area contributed by atoms with Crippen molar-refractivity contribution >= 4 is 23.1 Å². The van der Waals surface area contributed by atoms with E-state index in [0.717, 1.165) is 37.1 Å². The lowest BCUT2D eigenvalue weighted by Crippen LogP contribution is -2.34. The molecular weight excluding hydrogens is 380 g/mol. The summed E-state index contributed by atoms with van der Waals surface area (Å²) in [7, 11) is 3.12. The smallest absolute Gasteiger partial charge is 0.282 e. The standard InChI is InChI=1S/C24H26N2O4/c1-15-11-16(2)13-18(12-15)26-23(27)21(22(24(26)28)25-9-5-6-10-25)17-7-8-19(29-3)20(14-17)30-4/h7-8,11-14H,5-6,9-10H2,1-4H3. The molecular formula is C24H26N2O4. The molecule has 0 radical (unpaired) electrons. The summed E-state index contributed by atoms with van der Waals surface area (Å²) in [6.45, 7) is 5.47. The zero-order chi connectivity index (χ0) is 21.4. The van der Waals surface area contributed by atoms with Gasteiger partial charge in [-0.3, -0.25) is 9.59 Å². The molecule has 2 amide bonds. The van der Waals surface area contributed by atoms with Crippen LogP contribution in [0.4, 0.5) is 5.69 Å². The fourth-order valence-electron chi connectivity index (χ4n) is 4.32. The van der Waals surface area contributed by atoms with E-state index in [-0.39, 0.29) is 11.8 Å². The van der Waals surface area contributed by atoms with Crippen LogP contribution >= 0.6 is 0 Å². The number of amides is 2. The highest BCUT2D eigenvalue weighted by molar-refractivity contribution is 6.45. The Kier molecular flexibility index (Phi) is 5.24. The van der Waals surface area contributed by atoms with Crippen molar-refractivity contribution in [3.8, 4) is 11.5 Å². The molecule has 30 heavy (non-hydrogen) atoms. The van der Waals surface area contributed by atoms with Gasteiger partial charge in [0.25, 0.3) is 11.8 Å². The zero-order valence-electron chi connectivity index (χ0n) is 17.8.